The zero-order valence-corrected chi connectivity index (χ0v) is 19.4. The van der Waals surface area contributed by atoms with Crippen LogP contribution in [0.25, 0.3) is 0 Å². The van der Waals surface area contributed by atoms with Crippen LogP contribution in [0, 0.1) is 11.6 Å². The molecule has 13 heteroatoms. The Morgan fingerprint density at radius 2 is 2.06 bits per heavy atom. The number of nitrogens with zero attached hydrogens (tertiary/aromatic N) is 1. The minimum atomic E-state index is -4.68. The third-order valence-corrected chi connectivity index (χ3v) is 7.26. The molecule has 1 unspecified atom stereocenters. The molecule has 0 bridgehead atoms. The van der Waals surface area contributed by atoms with Gasteiger partial charge < -0.3 is 25.0 Å². The Hall–Kier alpha value is -2.64. The van der Waals surface area contributed by atoms with Gasteiger partial charge >= 0.3 is 6.18 Å². The molecule has 3 rings (SSSR count). The number of methoxy groups -OCH3 is 1. The summed E-state index contributed by atoms with van der Waals surface area (Å²) >= 11 is 0.384. The number of hydrogen-bond donors (Lipinski definition) is 3. The van der Waals surface area contributed by atoms with Crippen molar-refractivity contribution in [1.82, 2.24) is 4.98 Å². The Morgan fingerprint density at radius 1 is 1.34 bits per heavy atom. The number of anilines is 1. The smallest absolute Gasteiger partial charge is 0.403 e. The number of rotatable bonds is 8. The van der Waals surface area contributed by atoms with Gasteiger partial charge in [0.15, 0.2) is 11.6 Å². The minimum Gasteiger partial charge on any atom is -0.493 e. The van der Waals surface area contributed by atoms with Crippen molar-refractivity contribution in [1.29, 1.82) is 0 Å². The van der Waals surface area contributed by atoms with Crippen LogP contribution in [0.2, 0.25) is 0 Å². The van der Waals surface area contributed by atoms with Gasteiger partial charge in [0.25, 0.3) is 0 Å². The maximum Gasteiger partial charge on any atom is 0.403 e. The second-order valence-electron chi connectivity index (χ2n) is 8.08. The molecular weight excluding hydrogens is 499 g/mol. The summed E-state index contributed by atoms with van der Waals surface area (Å²) in [7, 11) is 1.06. The summed E-state index contributed by atoms with van der Waals surface area (Å²) in [5.74, 6) is -5.08. The predicted molar refractivity (Wildman–Crippen MR) is 118 cm³/mol. The SMILES string of the molecule is COc1c([C@@H]2C[C@](C)(C(F)(F)F)S[C@H]2C(=O)Nc2ccnc(OCC(O)CO)c2)ccc(F)c1F. The third-order valence-electron chi connectivity index (χ3n) is 5.54. The normalized spacial score (nSPS) is 23.1. The largest absolute Gasteiger partial charge is 0.493 e. The molecule has 0 saturated carbocycles. The van der Waals surface area contributed by atoms with Crippen LogP contribution in [0.5, 0.6) is 11.6 Å². The second kappa shape index (κ2) is 10.5. The molecule has 0 aliphatic carbocycles. The lowest BCUT2D eigenvalue weighted by molar-refractivity contribution is -0.155. The first-order valence-corrected chi connectivity index (χ1v) is 11.2. The fourth-order valence-electron chi connectivity index (χ4n) is 3.69. The summed E-state index contributed by atoms with van der Waals surface area (Å²) in [6, 6.07) is 4.57. The topological polar surface area (TPSA) is 101 Å². The van der Waals surface area contributed by atoms with Gasteiger partial charge in [-0.05, 0) is 25.5 Å². The molecule has 1 aliphatic heterocycles. The number of pyridine rings is 1. The maximum absolute atomic E-state index is 14.3. The summed E-state index contributed by atoms with van der Waals surface area (Å²) in [5.41, 5.74) is 0.0967. The maximum atomic E-state index is 14.3. The molecule has 35 heavy (non-hydrogen) atoms. The van der Waals surface area contributed by atoms with Crippen LogP contribution in [0.3, 0.4) is 0 Å². The van der Waals surface area contributed by atoms with Gasteiger partial charge in [0.2, 0.25) is 17.6 Å². The lowest BCUT2D eigenvalue weighted by Gasteiger charge is -2.26. The molecule has 1 aromatic carbocycles. The molecular formula is C22H23F5N2O5S. The molecule has 1 saturated heterocycles. The summed E-state index contributed by atoms with van der Waals surface area (Å²) in [4.78, 5) is 17.0. The van der Waals surface area contributed by atoms with E-state index in [1.165, 1.54) is 18.3 Å². The summed E-state index contributed by atoms with van der Waals surface area (Å²) in [5, 5.41) is 19.4. The van der Waals surface area contributed by atoms with Gasteiger partial charge in [-0.25, -0.2) is 9.37 Å². The highest BCUT2D eigenvalue weighted by atomic mass is 32.2. The Morgan fingerprint density at radius 3 is 2.69 bits per heavy atom. The number of aliphatic hydroxyl groups excluding tert-OH is 2. The highest BCUT2D eigenvalue weighted by Crippen LogP contribution is 2.59. The van der Waals surface area contributed by atoms with E-state index in [-0.39, 0.29) is 23.7 Å². The van der Waals surface area contributed by atoms with E-state index in [1.54, 1.807) is 0 Å². The van der Waals surface area contributed by atoms with Crippen molar-refractivity contribution in [2.24, 2.45) is 0 Å². The van der Waals surface area contributed by atoms with E-state index < -0.39 is 64.5 Å². The molecule has 1 aromatic heterocycles. The van der Waals surface area contributed by atoms with E-state index in [9.17, 15) is 31.9 Å². The number of aromatic nitrogens is 1. The quantitative estimate of drug-likeness (QED) is 0.455. The molecule has 2 aromatic rings. The second-order valence-corrected chi connectivity index (χ2v) is 9.73. The van der Waals surface area contributed by atoms with E-state index in [0.29, 0.717) is 11.8 Å². The number of thioether (sulfide) groups is 1. The molecule has 7 nitrogen and oxygen atoms in total. The predicted octanol–water partition coefficient (Wildman–Crippen LogP) is 3.65. The molecule has 3 N–H and O–H groups in total. The molecule has 4 atom stereocenters. The molecule has 1 amide bonds. The molecule has 1 aliphatic rings. The molecule has 192 valence electrons. The summed E-state index contributed by atoms with van der Waals surface area (Å²) < 4.78 is 77.5. The highest BCUT2D eigenvalue weighted by Gasteiger charge is 2.60. The highest BCUT2D eigenvalue weighted by molar-refractivity contribution is 8.02. The molecule has 0 radical (unpaired) electrons. The van der Waals surface area contributed by atoms with E-state index in [4.69, 9.17) is 14.6 Å². The number of carbonyl (C=O) groups excluding carboxylic acids is 1. The van der Waals surface area contributed by atoms with E-state index in [0.717, 1.165) is 26.2 Å². The van der Waals surface area contributed by atoms with Crippen molar-refractivity contribution in [2.75, 3.05) is 25.6 Å². The van der Waals surface area contributed by atoms with Crippen LogP contribution in [0.15, 0.2) is 30.5 Å². The van der Waals surface area contributed by atoms with Gasteiger partial charge in [0.1, 0.15) is 17.5 Å². The van der Waals surface area contributed by atoms with Crippen LogP contribution in [-0.2, 0) is 4.79 Å². The average molecular weight is 522 g/mol. The number of aliphatic hydroxyl groups is 2. The van der Waals surface area contributed by atoms with E-state index >= 15 is 0 Å². The van der Waals surface area contributed by atoms with Crippen molar-refractivity contribution >= 4 is 23.4 Å². The Kier molecular flexibility index (Phi) is 8.12. The van der Waals surface area contributed by atoms with Crippen molar-refractivity contribution in [3.05, 3.63) is 47.7 Å². The lowest BCUT2D eigenvalue weighted by Crippen LogP contribution is -2.37. The molecule has 2 heterocycles. The number of alkyl halides is 3. The van der Waals surface area contributed by atoms with Gasteiger partial charge in [0, 0.05) is 29.4 Å². The molecule has 0 spiro atoms. The van der Waals surface area contributed by atoms with E-state index in [1.807, 2.05) is 0 Å². The van der Waals surface area contributed by atoms with Crippen LogP contribution in [-0.4, -0.2) is 63.7 Å². The summed E-state index contributed by atoms with van der Waals surface area (Å²) in [6.45, 7) is 0.138. The lowest BCUT2D eigenvalue weighted by atomic mass is 9.85. The Balaban J connectivity index is 1.91. The minimum absolute atomic E-state index is 0.00618. The number of amides is 1. The number of benzene rings is 1. The fraction of sp³-hybridized carbons (Fsp3) is 0.455. The van der Waals surface area contributed by atoms with E-state index in [2.05, 4.69) is 10.3 Å². The first-order chi connectivity index (χ1) is 16.4. The van der Waals surface area contributed by atoms with Crippen molar-refractivity contribution in [2.45, 2.75) is 41.5 Å². The number of carbonyl (C=O) groups is 1. The number of nitrogens with one attached hydrogen (secondary N) is 1. The Labute approximate surface area is 201 Å². The first kappa shape index (κ1) is 27.0. The van der Waals surface area contributed by atoms with Gasteiger partial charge in [-0.15, -0.1) is 11.8 Å². The van der Waals surface area contributed by atoms with Crippen molar-refractivity contribution < 1.29 is 46.4 Å². The van der Waals surface area contributed by atoms with Crippen molar-refractivity contribution in [3.63, 3.8) is 0 Å². The first-order valence-electron chi connectivity index (χ1n) is 10.3. The number of hydrogen-bond acceptors (Lipinski definition) is 7. The van der Waals surface area contributed by atoms with Gasteiger partial charge in [-0.2, -0.15) is 17.6 Å². The van der Waals surface area contributed by atoms with Crippen LogP contribution < -0.4 is 14.8 Å². The number of ether oxygens (including phenoxy) is 2. The monoisotopic (exact) mass is 522 g/mol. The van der Waals surface area contributed by atoms with Crippen LogP contribution >= 0.6 is 11.8 Å². The van der Waals surface area contributed by atoms with Gasteiger partial charge in [-0.1, -0.05) is 6.07 Å². The Bertz CT molecular complexity index is 1070. The summed E-state index contributed by atoms with van der Waals surface area (Å²) in [6.07, 6.45) is -5.13. The van der Waals surface area contributed by atoms with Gasteiger partial charge in [0.05, 0.1) is 19.0 Å². The van der Waals surface area contributed by atoms with Crippen LogP contribution in [0.4, 0.5) is 27.6 Å². The fourth-order valence-corrected chi connectivity index (χ4v) is 5.23. The number of halogens is 5. The third kappa shape index (κ3) is 5.78. The average Bonchev–Trinajstić information content (AvgIpc) is 3.18. The van der Waals surface area contributed by atoms with Gasteiger partial charge in [-0.3, -0.25) is 4.79 Å². The zero-order valence-electron chi connectivity index (χ0n) is 18.6. The standard InChI is InChI=1S/C22H23F5N2O5S/c1-21(22(25,26)27)8-14(13-3-4-15(23)17(24)18(13)33-2)19(35-21)20(32)29-11-5-6-28-16(7-11)34-10-12(31)9-30/h3-7,12,14,19,30-31H,8-10H2,1-2H3,(H,28,29,32)/t12?,14-,19+,21+/m0/s1. The molecule has 1 fully saturated rings. The van der Waals surface area contributed by atoms with Crippen LogP contribution in [0.1, 0.15) is 24.8 Å². The van der Waals surface area contributed by atoms with Crippen molar-refractivity contribution in [3.8, 4) is 11.6 Å². The zero-order chi connectivity index (χ0) is 26.0.